The van der Waals surface area contributed by atoms with Crippen LogP contribution in [0.1, 0.15) is 0 Å². The minimum atomic E-state index is -0.248. The van der Waals surface area contributed by atoms with Crippen LogP contribution in [0.15, 0.2) is 24.3 Å². The van der Waals surface area contributed by atoms with Gasteiger partial charge in [0.1, 0.15) is 18.2 Å². The molecule has 1 aliphatic rings. The molecule has 1 fully saturated rings. The van der Waals surface area contributed by atoms with E-state index in [1.807, 2.05) is 0 Å². The molecule has 2 rings (SSSR count). The van der Waals surface area contributed by atoms with E-state index in [-0.39, 0.29) is 5.82 Å². The standard InChI is InChI=1S/C13H19FN2O/c1-15-5-7-16(8-6-15)9-10-17-13-4-2-3-12(14)11-13/h2-4,11H,5-10H2,1H3. The van der Waals surface area contributed by atoms with E-state index in [1.165, 1.54) is 12.1 Å². The van der Waals surface area contributed by atoms with Crippen LogP contribution in [-0.2, 0) is 0 Å². The van der Waals surface area contributed by atoms with Crippen molar-refractivity contribution in [2.45, 2.75) is 0 Å². The van der Waals surface area contributed by atoms with Gasteiger partial charge in [-0.25, -0.2) is 4.39 Å². The molecule has 0 bridgehead atoms. The molecule has 0 atom stereocenters. The van der Waals surface area contributed by atoms with E-state index in [1.54, 1.807) is 12.1 Å². The summed E-state index contributed by atoms with van der Waals surface area (Å²) in [5.74, 6) is 0.362. The molecule has 4 heteroatoms. The van der Waals surface area contributed by atoms with Crippen LogP contribution in [-0.4, -0.2) is 56.2 Å². The SMILES string of the molecule is CN1CCN(CCOc2cccc(F)c2)CC1. The molecule has 0 N–H and O–H groups in total. The number of benzene rings is 1. The normalized spacial score (nSPS) is 18.2. The van der Waals surface area contributed by atoms with Gasteiger partial charge in [-0.1, -0.05) is 6.07 Å². The number of piperazine rings is 1. The van der Waals surface area contributed by atoms with Crippen LogP contribution in [0.4, 0.5) is 4.39 Å². The van der Waals surface area contributed by atoms with E-state index in [9.17, 15) is 4.39 Å². The largest absolute Gasteiger partial charge is 0.492 e. The number of hydrogen-bond acceptors (Lipinski definition) is 3. The van der Waals surface area contributed by atoms with Crippen LogP contribution in [0.25, 0.3) is 0 Å². The third-order valence-corrected chi connectivity index (χ3v) is 3.07. The summed E-state index contributed by atoms with van der Waals surface area (Å²) >= 11 is 0. The molecule has 0 spiro atoms. The highest BCUT2D eigenvalue weighted by atomic mass is 19.1. The quantitative estimate of drug-likeness (QED) is 0.789. The third kappa shape index (κ3) is 3.98. The van der Waals surface area contributed by atoms with Crippen LogP contribution < -0.4 is 4.74 Å². The Morgan fingerprint density at radius 3 is 2.71 bits per heavy atom. The summed E-state index contributed by atoms with van der Waals surface area (Å²) in [5.41, 5.74) is 0. The Hall–Kier alpha value is -1.13. The van der Waals surface area contributed by atoms with Crippen molar-refractivity contribution >= 4 is 0 Å². The number of hydrogen-bond donors (Lipinski definition) is 0. The first-order valence-electron chi connectivity index (χ1n) is 6.03. The van der Waals surface area contributed by atoms with E-state index in [0.717, 1.165) is 32.7 Å². The first-order chi connectivity index (χ1) is 8.24. The minimum absolute atomic E-state index is 0.248. The molecule has 0 radical (unpaired) electrons. The third-order valence-electron chi connectivity index (χ3n) is 3.07. The second-order valence-corrected chi connectivity index (χ2v) is 4.45. The van der Waals surface area contributed by atoms with Gasteiger partial charge in [-0.2, -0.15) is 0 Å². The highest BCUT2D eigenvalue weighted by Crippen LogP contribution is 2.11. The topological polar surface area (TPSA) is 15.7 Å². The van der Waals surface area contributed by atoms with Gasteiger partial charge in [0.2, 0.25) is 0 Å². The highest BCUT2D eigenvalue weighted by molar-refractivity contribution is 5.22. The molecule has 0 aliphatic carbocycles. The predicted octanol–water partition coefficient (Wildman–Crippen LogP) is 1.45. The second kappa shape index (κ2) is 5.98. The fraction of sp³-hybridized carbons (Fsp3) is 0.538. The van der Waals surface area contributed by atoms with Gasteiger partial charge in [-0.15, -0.1) is 0 Å². The van der Waals surface area contributed by atoms with Crippen molar-refractivity contribution in [3.8, 4) is 5.75 Å². The van der Waals surface area contributed by atoms with E-state index in [4.69, 9.17) is 4.74 Å². The Kier molecular flexibility index (Phi) is 4.34. The van der Waals surface area contributed by atoms with Crippen LogP contribution >= 0.6 is 0 Å². The van der Waals surface area contributed by atoms with Crippen molar-refractivity contribution in [3.05, 3.63) is 30.1 Å². The summed E-state index contributed by atoms with van der Waals surface area (Å²) in [6.45, 7) is 5.92. The molecule has 1 saturated heterocycles. The van der Waals surface area contributed by atoms with Gasteiger partial charge in [0.15, 0.2) is 0 Å². The fourth-order valence-electron chi connectivity index (χ4n) is 1.92. The minimum Gasteiger partial charge on any atom is -0.492 e. The summed E-state index contributed by atoms with van der Waals surface area (Å²) in [7, 11) is 2.14. The van der Waals surface area contributed by atoms with E-state index in [0.29, 0.717) is 12.4 Å². The maximum absolute atomic E-state index is 12.9. The van der Waals surface area contributed by atoms with Gasteiger partial charge in [-0.05, 0) is 19.2 Å². The first-order valence-corrected chi connectivity index (χ1v) is 6.03. The molecule has 0 amide bonds. The summed E-state index contributed by atoms with van der Waals surface area (Å²) in [6, 6.07) is 6.30. The van der Waals surface area contributed by atoms with Crippen molar-refractivity contribution in [3.63, 3.8) is 0 Å². The van der Waals surface area contributed by atoms with Crippen molar-refractivity contribution in [1.82, 2.24) is 9.80 Å². The molecule has 1 aromatic rings. The molecule has 3 nitrogen and oxygen atoms in total. The number of likely N-dealkylation sites (N-methyl/N-ethyl adjacent to an activating group) is 1. The number of nitrogens with zero attached hydrogens (tertiary/aromatic N) is 2. The van der Waals surface area contributed by atoms with Gasteiger partial charge < -0.3 is 9.64 Å². The maximum atomic E-state index is 12.9. The summed E-state index contributed by atoms with van der Waals surface area (Å²) in [5, 5.41) is 0. The van der Waals surface area contributed by atoms with E-state index >= 15 is 0 Å². The van der Waals surface area contributed by atoms with Crippen LogP contribution in [0.2, 0.25) is 0 Å². The van der Waals surface area contributed by atoms with Crippen molar-refractivity contribution in [2.24, 2.45) is 0 Å². The Labute approximate surface area is 102 Å². The van der Waals surface area contributed by atoms with Gasteiger partial charge in [0.05, 0.1) is 0 Å². The summed E-state index contributed by atoms with van der Waals surface area (Å²) in [6.07, 6.45) is 0. The smallest absolute Gasteiger partial charge is 0.126 e. The number of rotatable bonds is 4. The average molecular weight is 238 g/mol. The lowest BCUT2D eigenvalue weighted by Gasteiger charge is -2.32. The molecule has 94 valence electrons. The molecule has 1 heterocycles. The molecular weight excluding hydrogens is 219 g/mol. The zero-order chi connectivity index (χ0) is 12.1. The molecule has 1 aliphatic heterocycles. The van der Waals surface area contributed by atoms with Crippen molar-refractivity contribution < 1.29 is 9.13 Å². The molecule has 0 unspecified atom stereocenters. The van der Waals surface area contributed by atoms with Crippen molar-refractivity contribution in [2.75, 3.05) is 46.4 Å². The molecule has 0 saturated carbocycles. The van der Waals surface area contributed by atoms with Gasteiger partial charge in [0, 0.05) is 38.8 Å². The van der Waals surface area contributed by atoms with Gasteiger partial charge in [-0.3, -0.25) is 4.90 Å². The Morgan fingerprint density at radius 2 is 2.00 bits per heavy atom. The molecule has 17 heavy (non-hydrogen) atoms. The molecule has 0 aromatic heterocycles. The van der Waals surface area contributed by atoms with Crippen LogP contribution in [0, 0.1) is 5.82 Å². The summed E-state index contributed by atoms with van der Waals surface area (Å²) < 4.78 is 18.4. The number of ether oxygens (including phenoxy) is 1. The lowest BCUT2D eigenvalue weighted by atomic mass is 10.3. The number of halogens is 1. The zero-order valence-corrected chi connectivity index (χ0v) is 10.2. The maximum Gasteiger partial charge on any atom is 0.126 e. The first kappa shape index (κ1) is 12.3. The predicted molar refractivity (Wildman–Crippen MR) is 65.8 cm³/mol. The fourth-order valence-corrected chi connectivity index (χ4v) is 1.92. The Bertz CT molecular complexity index is 351. The molecular formula is C13H19FN2O. The lowest BCUT2D eigenvalue weighted by Crippen LogP contribution is -2.45. The van der Waals surface area contributed by atoms with Gasteiger partial charge >= 0.3 is 0 Å². The lowest BCUT2D eigenvalue weighted by molar-refractivity contribution is 0.133. The van der Waals surface area contributed by atoms with E-state index < -0.39 is 0 Å². The Morgan fingerprint density at radius 1 is 1.24 bits per heavy atom. The van der Waals surface area contributed by atoms with Crippen LogP contribution in [0.5, 0.6) is 5.75 Å². The second-order valence-electron chi connectivity index (χ2n) is 4.45. The van der Waals surface area contributed by atoms with Crippen LogP contribution in [0.3, 0.4) is 0 Å². The summed E-state index contributed by atoms with van der Waals surface area (Å²) in [4.78, 5) is 4.70. The van der Waals surface area contributed by atoms with Gasteiger partial charge in [0.25, 0.3) is 0 Å². The Balaban J connectivity index is 1.69. The van der Waals surface area contributed by atoms with Crippen molar-refractivity contribution in [1.29, 1.82) is 0 Å². The molecule has 1 aromatic carbocycles. The monoisotopic (exact) mass is 238 g/mol. The highest BCUT2D eigenvalue weighted by Gasteiger charge is 2.12. The van der Waals surface area contributed by atoms with E-state index in [2.05, 4.69) is 16.8 Å². The average Bonchev–Trinajstić information content (AvgIpc) is 2.32. The zero-order valence-electron chi connectivity index (χ0n) is 10.2.